The Hall–Kier alpha value is -3.67. The Labute approximate surface area is 208 Å². The number of pyridine rings is 1. The highest BCUT2D eigenvalue weighted by Crippen LogP contribution is 2.31. The Balaban J connectivity index is 1.55. The Kier molecular flexibility index (Phi) is 6.92. The fraction of sp³-hybridized carbons (Fsp3) is 0.345. The van der Waals surface area contributed by atoms with E-state index in [-0.39, 0.29) is 5.41 Å². The van der Waals surface area contributed by atoms with Gasteiger partial charge in [-0.1, -0.05) is 32.9 Å². The third-order valence-corrected chi connectivity index (χ3v) is 6.05. The molecule has 0 N–H and O–H groups in total. The van der Waals surface area contributed by atoms with Crippen molar-refractivity contribution in [2.24, 2.45) is 0 Å². The quantitative estimate of drug-likeness (QED) is 0.417. The topological polar surface area (TPSA) is 60.4 Å². The molecule has 0 aliphatic carbocycles. The molecule has 0 bridgehead atoms. The molecule has 35 heavy (non-hydrogen) atoms. The van der Waals surface area contributed by atoms with Gasteiger partial charge in [0.2, 0.25) is 0 Å². The lowest BCUT2D eigenvalue weighted by Gasteiger charge is -2.31. The number of nitrogens with zero attached hydrogens (tertiary/aromatic N) is 4. The van der Waals surface area contributed by atoms with Gasteiger partial charge in [-0.05, 0) is 67.8 Å². The summed E-state index contributed by atoms with van der Waals surface area (Å²) >= 11 is 0. The normalized spacial score (nSPS) is 14.1. The Morgan fingerprint density at radius 1 is 1.03 bits per heavy atom. The number of methoxy groups -OCH3 is 1. The Morgan fingerprint density at radius 2 is 1.83 bits per heavy atom. The van der Waals surface area contributed by atoms with Gasteiger partial charge in [0.25, 0.3) is 0 Å². The minimum atomic E-state index is -0.130. The maximum Gasteiger partial charge on any atom is 0.134 e. The van der Waals surface area contributed by atoms with Crippen LogP contribution in [-0.4, -0.2) is 28.6 Å². The first-order chi connectivity index (χ1) is 16.7. The first-order valence-corrected chi connectivity index (χ1v) is 11.9. The number of hydrogen-bond donors (Lipinski definition) is 0. The summed E-state index contributed by atoms with van der Waals surface area (Å²) in [6.07, 6.45) is 5.85. The molecule has 0 atom stereocenters. The number of aromatic nitrogens is 3. The van der Waals surface area contributed by atoms with Gasteiger partial charge in [-0.2, -0.15) is 0 Å². The molecule has 0 fully saturated rings. The van der Waals surface area contributed by atoms with Gasteiger partial charge in [-0.3, -0.25) is 4.98 Å². The summed E-state index contributed by atoms with van der Waals surface area (Å²) in [7, 11) is 1.68. The number of aryl methyl sites for hydroxylation is 1. The van der Waals surface area contributed by atoms with Crippen LogP contribution in [0.5, 0.6) is 5.75 Å². The maximum absolute atomic E-state index is 6.18. The third-order valence-electron chi connectivity index (χ3n) is 6.05. The van der Waals surface area contributed by atoms with Crippen molar-refractivity contribution < 1.29 is 9.47 Å². The highest BCUT2D eigenvalue weighted by molar-refractivity contribution is 5.66. The fourth-order valence-electron chi connectivity index (χ4n) is 3.99. The summed E-state index contributed by atoms with van der Waals surface area (Å²) < 4.78 is 11.5. The molecule has 0 saturated carbocycles. The molecule has 1 aromatic carbocycles. The monoisotopic (exact) mass is 470 g/mol. The van der Waals surface area contributed by atoms with Crippen molar-refractivity contribution in [3.63, 3.8) is 0 Å². The predicted octanol–water partition coefficient (Wildman–Crippen LogP) is 6.37. The molecule has 0 unspecified atom stereocenters. The molecule has 6 heteroatoms. The number of allylic oxidation sites excluding steroid dienone is 2. The zero-order valence-electron chi connectivity index (χ0n) is 21.7. The molecule has 4 rings (SSSR count). The Morgan fingerprint density at radius 3 is 2.57 bits per heavy atom. The number of rotatable bonds is 6. The van der Waals surface area contributed by atoms with E-state index in [9.17, 15) is 0 Å². The first-order valence-electron chi connectivity index (χ1n) is 11.9. The molecular weight excluding hydrogens is 436 g/mol. The summed E-state index contributed by atoms with van der Waals surface area (Å²) in [5.41, 5.74) is 7.04. The van der Waals surface area contributed by atoms with Gasteiger partial charge >= 0.3 is 0 Å². The van der Waals surface area contributed by atoms with Crippen LogP contribution in [0.1, 0.15) is 51.6 Å². The molecular formula is C29H34N4O2. The summed E-state index contributed by atoms with van der Waals surface area (Å²) in [6, 6.07) is 12.1. The third kappa shape index (κ3) is 5.53. The van der Waals surface area contributed by atoms with Gasteiger partial charge in [-0.25, -0.2) is 9.97 Å². The lowest BCUT2D eigenvalue weighted by Crippen LogP contribution is -2.27. The van der Waals surface area contributed by atoms with Crippen LogP contribution < -0.4 is 9.64 Å². The van der Waals surface area contributed by atoms with E-state index in [0.717, 1.165) is 57.8 Å². The largest absolute Gasteiger partial charge is 0.497 e. The Bertz CT molecular complexity index is 1290. The summed E-state index contributed by atoms with van der Waals surface area (Å²) in [5, 5.41) is 0. The molecule has 0 radical (unpaired) electrons. The second kappa shape index (κ2) is 9.90. The van der Waals surface area contributed by atoms with Crippen LogP contribution in [0.4, 0.5) is 5.69 Å². The molecule has 0 saturated heterocycles. The smallest absolute Gasteiger partial charge is 0.134 e. The lowest BCUT2D eigenvalue weighted by molar-refractivity contribution is 0.205. The van der Waals surface area contributed by atoms with E-state index < -0.39 is 0 Å². The minimum Gasteiger partial charge on any atom is -0.497 e. The summed E-state index contributed by atoms with van der Waals surface area (Å²) in [5.74, 6) is 2.56. The SMILES string of the molecule is COc1cccc(COC2=C(C)CN(c3ccnc(-c4nc(C(C)(C)C)ncc4C)c3)C(C)=C2)c1. The highest BCUT2D eigenvalue weighted by Gasteiger charge is 2.21. The van der Waals surface area contributed by atoms with Gasteiger partial charge in [-0.15, -0.1) is 0 Å². The van der Waals surface area contributed by atoms with Crippen LogP contribution in [0.25, 0.3) is 11.4 Å². The first kappa shape index (κ1) is 24.5. The molecule has 1 aliphatic heterocycles. The van der Waals surface area contributed by atoms with Crippen LogP contribution in [0.3, 0.4) is 0 Å². The van der Waals surface area contributed by atoms with Crippen LogP contribution in [0.2, 0.25) is 0 Å². The predicted molar refractivity (Wildman–Crippen MR) is 140 cm³/mol. The number of benzene rings is 1. The zero-order chi connectivity index (χ0) is 25.2. The van der Waals surface area contributed by atoms with Crippen molar-refractivity contribution in [3.05, 3.63) is 88.8 Å². The van der Waals surface area contributed by atoms with Gasteiger partial charge in [0.1, 0.15) is 23.9 Å². The lowest BCUT2D eigenvalue weighted by atomic mass is 9.95. The second-order valence-electron chi connectivity index (χ2n) is 10.0. The average molecular weight is 471 g/mol. The fourth-order valence-corrected chi connectivity index (χ4v) is 3.99. The van der Waals surface area contributed by atoms with E-state index in [1.807, 2.05) is 49.6 Å². The van der Waals surface area contributed by atoms with Crippen molar-refractivity contribution in [3.8, 4) is 17.1 Å². The van der Waals surface area contributed by atoms with Crippen molar-refractivity contribution in [2.45, 2.75) is 53.6 Å². The maximum atomic E-state index is 6.18. The molecule has 3 aromatic rings. The van der Waals surface area contributed by atoms with Crippen molar-refractivity contribution in [1.29, 1.82) is 0 Å². The highest BCUT2D eigenvalue weighted by atomic mass is 16.5. The van der Waals surface area contributed by atoms with E-state index >= 15 is 0 Å². The van der Waals surface area contributed by atoms with Gasteiger partial charge in [0.15, 0.2) is 0 Å². The average Bonchev–Trinajstić information content (AvgIpc) is 2.84. The van der Waals surface area contributed by atoms with Crippen LogP contribution in [-0.2, 0) is 16.8 Å². The minimum absolute atomic E-state index is 0.130. The second-order valence-corrected chi connectivity index (χ2v) is 10.0. The van der Waals surface area contributed by atoms with E-state index in [1.165, 1.54) is 5.57 Å². The number of ether oxygens (including phenoxy) is 2. The summed E-state index contributed by atoms with van der Waals surface area (Å²) in [6.45, 7) is 13.9. The molecule has 0 spiro atoms. The van der Waals surface area contributed by atoms with E-state index in [4.69, 9.17) is 14.5 Å². The molecule has 182 valence electrons. The number of anilines is 1. The molecule has 6 nitrogen and oxygen atoms in total. The van der Waals surface area contributed by atoms with Crippen LogP contribution in [0.15, 0.2) is 71.9 Å². The van der Waals surface area contributed by atoms with Gasteiger partial charge in [0.05, 0.1) is 18.5 Å². The molecule has 2 aromatic heterocycles. The van der Waals surface area contributed by atoms with Crippen molar-refractivity contribution >= 4 is 5.69 Å². The van der Waals surface area contributed by atoms with Gasteiger partial charge in [0, 0.05) is 35.7 Å². The molecule has 3 heterocycles. The van der Waals surface area contributed by atoms with Crippen molar-refractivity contribution in [2.75, 3.05) is 18.6 Å². The zero-order valence-corrected chi connectivity index (χ0v) is 21.7. The molecule has 0 amide bonds. The van der Waals surface area contributed by atoms with Gasteiger partial charge < -0.3 is 14.4 Å². The number of hydrogen-bond acceptors (Lipinski definition) is 6. The molecule has 1 aliphatic rings. The van der Waals surface area contributed by atoms with Crippen LogP contribution in [0, 0.1) is 6.92 Å². The van der Waals surface area contributed by atoms with E-state index in [2.05, 4.69) is 61.6 Å². The summed E-state index contributed by atoms with van der Waals surface area (Å²) in [4.78, 5) is 16.3. The van der Waals surface area contributed by atoms with E-state index in [0.29, 0.717) is 6.61 Å². The van der Waals surface area contributed by atoms with E-state index in [1.54, 1.807) is 7.11 Å². The van der Waals surface area contributed by atoms with Crippen molar-refractivity contribution in [1.82, 2.24) is 15.0 Å². The van der Waals surface area contributed by atoms with Crippen LogP contribution >= 0.6 is 0 Å². The standard InChI is InChI=1S/C29H34N4O2/c1-19-16-31-28(29(4,5)6)32-27(19)25-15-23(11-12-30-25)33-17-20(2)26(13-21(33)3)35-18-22-9-8-10-24(14-22)34-7/h8-16H,17-18H2,1-7H3.